The smallest absolute Gasteiger partial charge is 0.175 e. The second-order valence-corrected chi connectivity index (χ2v) is 2.40. The van der Waals surface area contributed by atoms with Crippen molar-refractivity contribution >= 4 is 5.78 Å². The molecule has 0 atom stereocenters. The summed E-state index contributed by atoms with van der Waals surface area (Å²) in [4.78, 5) is 10.6. The fourth-order valence-electron chi connectivity index (χ4n) is 0.333. The number of hydrogen-bond donors (Lipinski definition) is 1. The first kappa shape index (κ1) is 8.95. The second kappa shape index (κ2) is 3.88. The van der Waals surface area contributed by atoms with Gasteiger partial charge in [0, 0.05) is 6.92 Å². The van der Waals surface area contributed by atoms with Gasteiger partial charge in [-0.3, -0.25) is 4.79 Å². The Morgan fingerprint density at radius 1 is 1.40 bits per heavy atom. The molecule has 0 aliphatic heterocycles. The summed E-state index contributed by atoms with van der Waals surface area (Å²) < 4.78 is 0. The van der Waals surface area contributed by atoms with Gasteiger partial charge in [0.25, 0.3) is 0 Å². The minimum Gasteiger partial charge on any atom is -0.359 e. The number of ketones is 1. The molecule has 0 heterocycles. The highest BCUT2D eigenvalue weighted by Crippen LogP contribution is 1.89. The predicted molar refractivity (Wildman–Crippen MR) is 42.4 cm³/mol. The minimum absolute atomic E-state index is 0.0301. The lowest BCUT2D eigenvalue weighted by Crippen LogP contribution is -2.10. The van der Waals surface area contributed by atoms with E-state index in [1.807, 2.05) is 13.8 Å². The molecule has 0 spiro atoms. The maximum absolute atomic E-state index is 10.6. The van der Waals surface area contributed by atoms with Crippen LogP contribution in [0.25, 0.3) is 0 Å². The molecule has 0 aliphatic carbocycles. The van der Waals surface area contributed by atoms with Gasteiger partial charge >= 0.3 is 0 Å². The minimum atomic E-state index is -0.0301. The van der Waals surface area contributed by atoms with Gasteiger partial charge in [-0.2, -0.15) is 0 Å². The fraction of sp³-hybridized carbons (Fsp3) is 0.375. The molecule has 0 saturated heterocycles. The van der Waals surface area contributed by atoms with Crippen molar-refractivity contribution in [2.24, 2.45) is 0 Å². The van der Waals surface area contributed by atoms with Crippen molar-refractivity contribution in [1.82, 2.24) is 5.32 Å². The third kappa shape index (κ3) is 3.89. The molecule has 0 fully saturated rings. The summed E-state index contributed by atoms with van der Waals surface area (Å²) in [6.07, 6.45) is 1.75. The van der Waals surface area contributed by atoms with E-state index < -0.39 is 0 Å². The number of carbonyl (C=O) groups is 1. The van der Waals surface area contributed by atoms with Crippen LogP contribution in [-0.4, -0.2) is 5.78 Å². The number of allylic oxidation sites excluding steroid dienone is 2. The third-order valence-corrected chi connectivity index (χ3v) is 0.960. The van der Waals surface area contributed by atoms with Gasteiger partial charge in [-0.1, -0.05) is 12.2 Å². The van der Waals surface area contributed by atoms with Crippen molar-refractivity contribution in [3.05, 3.63) is 24.0 Å². The number of carbonyl (C=O) groups excluding carboxylic acids is 1. The zero-order valence-corrected chi connectivity index (χ0v) is 6.69. The molecule has 2 heteroatoms. The quantitative estimate of drug-likeness (QED) is 0.602. The second-order valence-electron chi connectivity index (χ2n) is 2.40. The first-order valence-corrected chi connectivity index (χ1v) is 3.14. The van der Waals surface area contributed by atoms with Crippen LogP contribution in [0.3, 0.4) is 0 Å². The Hall–Kier alpha value is -1.05. The first-order chi connectivity index (χ1) is 4.54. The first-order valence-electron chi connectivity index (χ1n) is 3.14. The van der Waals surface area contributed by atoms with Crippen LogP contribution in [0.2, 0.25) is 0 Å². The lowest BCUT2D eigenvalue weighted by atomic mass is 10.3. The summed E-state index contributed by atoms with van der Waals surface area (Å²) >= 11 is 0. The molecule has 0 unspecified atom stereocenters. The SMILES string of the molecule is C=C(NC=C(C)C)C(C)=O. The predicted octanol–water partition coefficient (Wildman–Crippen LogP) is 1.60. The van der Waals surface area contributed by atoms with E-state index in [1.165, 1.54) is 6.92 Å². The van der Waals surface area contributed by atoms with Gasteiger partial charge in [0.1, 0.15) is 0 Å². The molecular formula is C8H13NO. The van der Waals surface area contributed by atoms with E-state index >= 15 is 0 Å². The van der Waals surface area contributed by atoms with Crippen LogP contribution in [0.15, 0.2) is 24.0 Å². The molecule has 0 aliphatic rings. The van der Waals surface area contributed by atoms with E-state index in [0.717, 1.165) is 5.57 Å². The van der Waals surface area contributed by atoms with E-state index in [0.29, 0.717) is 5.70 Å². The molecule has 0 aromatic heterocycles. The number of Topliss-reactive ketones (excluding diaryl/α,β-unsaturated/α-hetero) is 1. The summed E-state index contributed by atoms with van der Waals surface area (Å²) in [7, 11) is 0. The molecule has 0 saturated carbocycles. The van der Waals surface area contributed by atoms with Gasteiger partial charge in [0.05, 0.1) is 5.70 Å². The van der Waals surface area contributed by atoms with E-state index in [4.69, 9.17) is 0 Å². The van der Waals surface area contributed by atoms with Gasteiger partial charge in [-0.15, -0.1) is 0 Å². The zero-order valence-electron chi connectivity index (χ0n) is 6.69. The Balaban J connectivity index is 3.83. The molecule has 0 amide bonds. The molecule has 10 heavy (non-hydrogen) atoms. The molecule has 0 rings (SSSR count). The summed E-state index contributed by atoms with van der Waals surface area (Å²) in [5.74, 6) is -0.0301. The zero-order chi connectivity index (χ0) is 8.15. The van der Waals surface area contributed by atoms with Gasteiger partial charge in [-0.25, -0.2) is 0 Å². The van der Waals surface area contributed by atoms with Crippen LogP contribution in [0.4, 0.5) is 0 Å². The topological polar surface area (TPSA) is 29.1 Å². The van der Waals surface area contributed by atoms with Crippen molar-refractivity contribution < 1.29 is 4.79 Å². The van der Waals surface area contributed by atoms with Gasteiger partial charge in [0.15, 0.2) is 5.78 Å². The van der Waals surface area contributed by atoms with Crippen molar-refractivity contribution in [3.8, 4) is 0 Å². The van der Waals surface area contributed by atoms with Gasteiger partial charge < -0.3 is 5.32 Å². The number of nitrogens with one attached hydrogen (secondary N) is 1. The van der Waals surface area contributed by atoms with Gasteiger partial charge in [0.2, 0.25) is 0 Å². The van der Waals surface area contributed by atoms with Crippen LogP contribution in [-0.2, 0) is 4.79 Å². The monoisotopic (exact) mass is 139 g/mol. The Kier molecular flexibility index (Phi) is 3.47. The molecule has 0 radical (unpaired) electrons. The maximum Gasteiger partial charge on any atom is 0.175 e. The summed E-state index contributed by atoms with van der Waals surface area (Å²) in [5.41, 5.74) is 1.55. The molecule has 0 bridgehead atoms. The van der Waals surface area contributed by atoms with E-state index in [9.17, 15) is 4.79 Å². The lowest BCUT2D eigenvalue weighted by molar-refractivity contribution is -0.113. The summed E-state index contributed by atoms with van der Waals surface area (Å²) in [6, 6.07) is 0. The van der Waals surface area contributed by atoms with Crippen LogP contribution in [0.5, 0.6) is 0 Å². The van der Waals surface area contributed by atoms with Crippen molar-refractivity contribution in [2.45, 2.75) is 20.8 Å². The fourth-order valence-corrected chi connectivity index (χ4v) is 0.333. The molecule has 0 aromatic rings. The Labute approximate surface area is 61.6 Å². The largest absolute Gasteiger partial charge is 0.359 e. The normalized spacial score (nSPS) is 8.30. The standard InChI is InChI=1S/C8H13NO/c1-6(2)5-9-7(3)8(4)10/h5,9H,3H2,1-2,4H3. The van der Waals surface area contributed by atoms with E-state index in [1.54, 1.807) is 6.20 Å². The molecule has 1 N–H and O–H groups in total. The molecular weight excluding hydrogens is 126 g/mol. The highest BCUT2D eigenvalue weighted by Gasteiger charge is 1.94. The average molecular weight is 139 g/mol. The number of hydrogen-bond acceptors (Lipinski definition) is 2. The Bertz CT molecular complexity index is 176. The van der Waals surface area contributed by atoms with Crippen molar-refractivity contribution in [3.63, 3.8) is 0 Å². The van der Waals surface area contributed by atoms with Crippen molar-refractivity contribution in [1.29, 1.82) is 0 Å². The van der Waals surface area contributed by atoms with Gasteiger partial charge in [-0.05, 0) is 20.0 Å². The average Bonchev–Trinajstić information content (AvgIpc) is 1.82. The van der Waals surface area contributed by atoms with Crippen LogP contribution >= 0.6 is 0 Å². The molecule has 56 valence electrons. The number of rotatable bonds is 3. The van der Waals surface area contributed by atoms with Crippen LogP contribution in [0, 0.1) is 0 Å². The van der Waals surface area contributed by atoms with Crippen LogP contribution < -0.4 is 5.32 Å². The Morgan fingerprint density at radius 2 is 1.90 bits per heavy atom. The molecule has 0 aromatic carbocycles. The maximum atomic E-state index is 10.6. The summed E-state index contributed by atoms with van der Waals surface area (Å²) in [6.45, 7) is 8.89. The lowest BCUT2D eigenvalue weighted by Gasteiger charge is -1.99. The highest BCUT2D eigenvalue weighted by atomic mass is 16.1. The van der Waals surface area contributed by atoms with Crippen LogP contribution in [0.1, 0.15) is 20.8 Å². The Morgan fingerprint density at radius 3 is 2.20 bits per heavy atom. The van der Waals surface area contributed by atoms with E-state index in [-0.39, 0.29) is 5.78 Å². The van der Waals surface area contributed by atoms with E-state index in [2.05, 4.69) is 11.9 Å². The van der Waals surface area contributed by atoms with Crippen molar-refractivity contribution in [2.75, 3.05) is 0 Å². The highest BCUT2D eigenvalue weighted by molar-refractivity contribution is 5.92. The third-order valence-electron chi connectivity index (χ3n) is 0.960. The molecule has 2 nitrogen and oxygen atoms in total. The summed E-state index contributed by atoms with van der Waals surface area (Å²) in [5, 5.41) is 2.78.